The van der Waals surface area contributed by atoms with Gasteiger partial charge in [-0.2, -0.15) is 17.5 Å². The van der Waals surface area contributed by atoms with Crippen LogP contribution in [0.4, 0.5) is 0 Å². The predicted molar refractivity (Wildman–Crippen MR) is 88.8 cm³/mol. The second kappa shape index (κ2) is 18.0. The number of carbonyl (C=O) groups excluding carboxylic acids is 1. The molecule has 0 unspecified atom stereocenters. The van der Waals surface area contributed by atoms with Gasteiger partial charge in [0.15, 0.2) is 5.91 Å². The van der Waals surface area contributed by atoms with Crippen molar-refractivity contribution in [2.24, 2.45) is 5.73 Å². The van der Waals surface area contributed by atoms with Gasteiger partial charge in [-0.15, -0.1) is 29.7 Å². The monoisotopic (exact) mass is 421 g/mol. The number of amides is 1. The number of hydrogen-bond acceptors (Lipinski definition) is 2. The van der Waals surface area contributed by atoms with Crippen molar-refractivity contribution in [3.8, 4) is 0 Å². The molecule has 0 saturated heterocycles. The Morgan fingerprint density at radius 3 is 2.29 bits per heavy atom. The third-order valence-electron chi connectivity index (χ3n) is 1.84. The van der Waals surface area contributed by atoms with Gasteiger partial charge in [-0.05, 0) is 0 Å². The molecular weight excluding hydrogens is 404 g/mol. The van der Waals surface area contributed by atoms with Crippen molar-refractivity contribution in [1.29, 1.82) is 0 Å². The van der Waals surface area contributed by atoms with Crippen molar-refractivity contribution in [2.75, 3.05) is 0 Å². The van der Waals surface area contributed by atoms with E-state index in [1.54, 1.807) is 0 Å². The molecule has 0 atom stereocenters. The molecule has 2 radical (unpaired) electrons. The summed E-state index contributed by atoms with van der Waals surface area (Å²) in [5.74, 6) is -0.516. The molecule has 21 heavy (non-hydrogen) atoms. The average molecular weight is 424 g/mol. The van der Waals surface area contributed by atoms with Gasteiger partial charge < -0.3 is 10.8 Å². The zero-order valence-corrected chi connectivity index (χ0v) is 17.0. The fraction of sp³-hybridized carbons (Fsp3) is 0.214. The van der Waals surface area contributed by atoms with Crippen LogP contribution in [0.5, 0.6) is 0 Å². The van der Waals surface area contributed by atoms with E-state index in [4.69, 9.17) is 22.1 Å². The molecule has 0 aliphatic rings. The van der Waals surface area contributed by atoms with Crippen LogP contribution in [-0.4, -0.2) is 20.5 Å². The van der Waals surface area contributed by atoms with Gasteiger partial charge in [0.05, 0.1) is 0 Å². The van der Waals surface area contributed by atoms with E-state index in [9.17, 15) is 4.79 Å². The molecule has 1 amide bonds. The van der Waals surface area contributed by atoms with Gasteiger partial charge in [-0.1, -0.05) is 25.6 Å². The summed E-state index contributed by atoms with van der Waals surface area (Å²) in [5, 5.41) is 10.5. The molecule has 0 aliphatic carbocycles. The normalized spacial score (nSPS) is 8.05. The fourth-order valence-electron chi connectivity index (χ4n) is 1.16. The predicted octanol–water partition coefficient (Wildman–Crippen LogP) is 4.12. The number of halogens is 2. The molecule has 0 bridgehead atoms. The molecule has 0 spiro atoms. The van der Waals surface area contributed by atoms with E-state index in [1.807, 2.05) is 0 Å². The number of aliphatic hydroxyl groups is 1. The van der Waals surface area contributed by atoms with Gasteiger partial charge >= 0.3 is 37.9 Å². The molecule has 0 heterocycles. The first-order valence-electron chi connectivity index (χ1n) is 5.96. The van der Waals surface area contributed by atoms with Crippen LogP contribution in [0.15, 0.2) is 42.5 Å². The second-order valence-corrected chi connectivity index (χ2v) is 8.31. The van der Waals surface area contributed by atoms with Crippen LogP contribution in [0.1, 0.15) is 6.42 Å². The van der Waals surface area contributed by atoms with Gasteiger partial charge in [0.2, 0.25) is 0 Å². The minimum Gasteiger partial charge on any atom is -0.168 e. The summed E-state index contributed by atoms with van der Waals surface area (Å²) >= 11 is -0.826. The molecule has 3 nitrogen and oxygen atoms in total. The first-order chi connectivity index (χ1) is 10.1. The van der Waals surface area contributed by atoms with Crippen molar-refractivity contribution in [3.63, 3.8) is 0 Å². The Morgan fingerprint density at radius 1 is 1.38 bits per heavy atom. The molecule has 7 heteroatoms. The fourth-order valence-corrected chi connectivity index (χ4v) is 1.16. The Labute approximate surface area is 147 Å². The van der Waals surface area contributed by atoms with E-state index in [1.165, 1.54) is 10.8 Å². The largest absolute Gasteiger partial charge is 0.168 e. The summed E-state index contributed by atoms with van der Waals surface area (Å²) in [6.07, 6.45) is -0.0556. The van der Waals surface area contributed by atoms with Crippen molar-refractivity contribution in [3.05, 3.63) is 49.1 Å². The molecule has 0 fully saturated rings. The molecule has 114 valence electrons. The van der Waals surface area contributed by atoms with E-state index in [0.717, 1.165) is 16.1 Å². The maximum absolute atomic E-state index is 9.63. The van der Waals surface area contributed by atoms with Gasteiger partial charge in [0.25, 0.3) is 0 Å². The van der Waals surface area contributed by atoms with Gasteiger partial charge in [-0.3, -0.25) is 4.79 Å². The number of nitrogens with two attached hydrogens (primary N) is 1. The topological polar surface area (TPSA) is 63.3 Å². The molecule has 0 aromatic heterocycles. The van der Waals surface area contributed by atoms with E-state index in [-0.39, 0.29) is 6.42 Å². The van der Waals surface area contributed by atoms with Gasteiger partial charge in [0.1, 0.15) is 0 Å². The number of carbonyl (C=O) groups is 1. The summed E-state index contributed by atoms with van der Waals surface area (Å²) in [4.78, 5) is 9.63. The van der Waals surface area contributed by atoms with Crippen molar-refractivity contribution in [2.45, 2.75) is 19.5 Å². The Morgan fingerprint density at radius 2 is 1.90 bits per heavy atom. The Bertz CT molecular complexity index is 437. The molecule has 2 aromatic rings. The van der Waals surface area contributed by atoms with Crippen molar-refractivity contribution < 1.29 is 30.7 Å². The summed E-state index contributed by atoms with van der Waals surface area (Å²) in [5.41, 5.74) is 4.57. The van der Waals surface area contributed by atoms with E-state index in [2.05, 4.69) is 61.3 Å². The maximum atomic E-state index is 9.63. The van der Waals surface area contributed by atoms with Crippen LogP contribution in [0.2, 0.25) is 13.1 Å². The van der Waals surface area contributed by atoms with E-state index < -0.39 is 26.8 Å². The summed E-state index contributed by atoms with van der Waals surface area (Å²) in [6.45, 7) is 5.03. The summed E-state index contributed by atoms with van der Waals surface area (Å²) < 4.78 is 0. The first-order valence-corrected chi connectivity index (χ1v) is 14.3. The zero-order chi connectivity index (χ0) is 16.5. The van der Waals surface area contributed by atoms with Gasteiger partial charge in [-0.25, -0.2) is 6.61 Å². The number of rotatable bonds is 2. The van der Waals surface area contributed by atoms with Crippen LogP contribution in [0, 0.1) is 6.61 Å². The molecule has 2 rings (SSSR count). The second-order valence-electron chi connectivity index (χ2n) is 3.58. The molecule has 2 aromatic carbocycles. The zero-order valence-electron chi connectivity index (χ0n) is 12.0. The maximum Gasteiger partial charge on any atom is -0.0809 e. The third kappa shape index (κ3) is 16.1. The van der Waals surface area contributed by atoms with Crippen molar-refractivity contribution >= 4 is 43.2 Å². The van der Waals surface area contributed by atoms with Crippen LogP contribution >= 0.6 is 17.0 Å². The standard InChI is InChI=1S/C9H7.C3H6NO2.C2H6Si.2ClH.Zr/c1-2-5-9-7-3-6-8(9)4-1;4-3(6)1-2-5;1-3-2;;;/h1-7H;2,5H,1H2,(H2,4,6);1-2H3;2*1H;/q2*-1;;;;+4/p-2. The van der Waals surface area contributed by atoms with E-state index >= 15 is 0 Å². The Hall–Kier alpha value is -0.0600. The number of aliphatic hydroxyl groups excluding tert-OH is 1. The van der Waals surface area contributed by atoms with Crippen LogP contribution in [0.3, 0.4) is 0 Å². The van der Waals surface area contributed by atoms with E-state index in [0.29, 0.717) is 0 Å². The summed E-state index contributed by atoms with van der Waals surface area (Å²) in [6, 6.07) is 14.7. The molecule has 0 saturated carbocycles. The van der Waals surface area contributed by atoms with Crippen LogP contribution in [-0.2, 0) is 25.6 Å². The third-order valence-corrected chi connectivity index (χ3v) is 1.84. The number of primary amides is 1. The first kappa shape index (κ1) is 23.2. The Kier molecular flexibility index (Phi) is 19.9. The minimum absolute atomic E-state index is 0.0556. The molecule has 0 aliphatic heterocycles. The number of hydrogen-bond donors (Lipinski definition) is 2. The van der Waals surface area contributed by atoms with Crippen LogP contribution < -0.4 is 5.73 Å². The minimum atomic E-state index is -0.826. The number of fused-ring (bicyclic) bond motifs is 1. The van der Waals surface area contributed by atoms with Crippen LogP contribution in [0.25, 0.3) is 10.8 Å². The smallest absolute Gasteiger partial charge is 0.0809 e. The van der Waals surface area contributed by atoms with Crippen molar-refractivity contribution in [1.82, 2.24) is 0 Å². The summed E-state index contributed by atoms with van der Waals surface area (Å²) in [7, 11) is 11.0. The SMILES string of the molecule is C[Si]C.NC(=O)C[CH-]O.[Cl][Zr+2][Cl].c1ccc2[cH-]ccc2c1. The molecular formula is C14H19Cl2NO2SiZr. The molecule has 3 N–H and O–H groups in total. The number of benzene rings is 1. The Balaban J connectivity index is 0. The quantitative estimate of drug-likeness (QED) is 0.564. The average Bonchev–Trinajstić information content (AvgIpc) is 2.89. The van der Waals surface area contributed by atoms with Gasteiger partial charge in [0, 0.05) is 9.52 Å².